The van der Waals surface area contributed by atoms with E-state index >= 15 is 0 Å². The number of carbonyl (C=O) groups is 2. The highest BCUT2D eigenvalue weighted by atomic mass is 16.5. The number of fused-ring (bicyclic) bond motifs is 2. The third-order valence-corrected chi connectivity index (χ3v) is 6.76. The van der Waals surface area contributed by atoms with Crippen LogP contribution in [-0.2, 0) is 9.53 Å². The Morgan fingerprint density at radius 3 is 2.57 bits per heavy atom. The van der Waals surface area contributed by atoms with Crippen LogP contribution in [0.5, 0.6) is 0 Å². The predicted octanol–water partition coefficient (Wildman–Crippen LogP) is 0.994. The quantitative estimate of drug-likeness (QED) is 0.782. The number of aromatic nitrogens is 2. The van der Waals surface area contributed by atoms with E-state index < -0.39 is 12.1 Å². The maximum atomic E-state index is 13.1. The van der Waals surface area contributed by atoms with E-state index in [0.29, 0.717) is 42.2 Å². The van der Waals surface area contributed by atoms with Crippen LogP contribution in [0.3, 0.4) is 0 Å². The third-order valence-electron chi connectivity index (χ3n) is 6.76. The molecule has 5 rings (SSSR count). The molecule has 3 heterocycles. The first-order valence-electron chi connectivity index (χ1n) is 10.6. The van der Waals surface area contributed by atoms with Gasteiger partial charge in [0.2, 0.25) is 5.91 Å². The van der Waals surface area contributed by atoms with Gasteiger partial charge in [0, 0.05) is 48.8 Å². The molecule has 1 aromatic carbocycles. The number of amides is 2. The molecule has 2 amide bonds. The van der Waals surface area contributed by atoms with Gasteiger partial charge in [-0.25, -0.2) is 0 Å². The van der Waals surface area contributed by atoms with E-state index in [4.69, 9.17) is 4.74 Å². The van der Waals surface area contributed by atoms with Gasteiger partial charge in [-0.2, -0.15) is 0 Å². The van der Waals surface area contributed by atoms with E-state index in [1.165, 1.54) is 0 Å². The van der Waals surface area contributed by atoms with Gasteiger partial charge in [0.1, 0.15) is 0 Å². The Morgan fingerprint density at radius 2 is 1.80 bits per heavy atom. The van der Waals surface area contributed by atoms with E-state index in [2.05, 4.69) is 15.3 Å². The van der Waals surface area contributed by atoms with Crippen molar-refractivity contribution in [2.75, 3.05) is 26.3 Å². The molecule has 8 nitrogen and oxygen atoms in total. The number of benzene rings is 1. The first-order chi connectivity index (χ1) is 14.6. The second-order valence-corrected chi connectivity index (χ2v) is 8.72. The Labute approximate surface area is 174 Å². The normalized spacial score (nSPS) is 31.0. The van der Waals surface area contributed by atoms with E-state index in [1.54, 1.807) is 30.6 Å². The second-order valence-electron chi connectivity index (χ2n) is 8.72. The molecule has 0 bridgehead atoms. The Kier molecular flexibility index (Phi) is 5.12. The molecule has 2 saturated heterocycles. The number of likely N-dealkylation sites (tertiary alicyclic amines) is 1. The summed E-state index contributed by atoms with van der Waals surface area (Å²) in [5.41, 5.74) is 1.83. The standard InChI is InChI=1S/C22H26N4O4/c27-20-4-2-14(22(29)26-9-15-11-30-12-16(15)10-26)8-19(20)25-21(28)13-1-3-17-18(7-13)24-6-5-23-17/h1,3,5-7,14-16,19-20,27H,2,4,8-12H2,(H,25,28)/t14-,15-,16+,19+,20+/m0/s1. The average molecular weight is 410 g/mol. The summed E-state index contributed by atoms with van der Waals surface area (Å²) in [7, 11) is 0. The highest BCUT2D eigenvalue weighted by molar-refractivity contribution is 5.97. The Morgan fingerprint density at radius 1 is 1.07 bits per heavy atom. The van der Waals surface area contributed by atoms with Gasteiger partial charge in [-0.3, -0.25) is 19.6 Å². The Balaban J connectivity index is 1.24. The van der Waals surface area contributed by atoms with Gasteiger partial charge >= 0.3 is 0 Å². The van der Waals surface area contributed by atoms with Crippen molar-refractivity contribution in [1.82, 2.24) is 20.2 Å². The second kappa shape index (κ2) is 7.92. The largest absolute Gasteiger partial charge is 0.391 e. The van der Waals surface area contributed by atoms with Crippen LogP contribution in [0.25, 0.3) is 11.0 Å². The summed E-state index contributed by atoms with van der Waals surface area (Å²) in [5.74, 6) is 0.620. The molecule has 1 saturated carbocycles. The Bertz CT molecular complexity index is 955. The van der Waals surface area contributed by atoms with E-state index in [1.807, 2.05) is 4.90 Å². The van der Waals surface area contributed by atoms with Crippen molar-refractivity contribution in [3.8, 4) is 0 Å². The van der Waals surface area contributed by atoms with E-state index in [0.717, 1.165) is 31.8 Å². The molecular weight excluding hydrogens is 384 g/mol. The lowest BCUT2D eigenvalue weighted by atomic mass is 9.82. The number of rotatable bonds is 3. The molecule has 158 valence electrons. The average Bonchev–Trinajstić information content (AvgIpc) is 3.37. The van der Waals surface area contributed by atoms with Gasteiger partial charge in [-0.05, 0) is 37.5 Å². The summed E-state index contributed by atoms with van der Waals surface area (Å²) in [5, 5.41) is 13.4. The van der Waals surface area contributed by atoms with Gasteiger partial charge < -0.3 is 20.1 Å². The fourth-order valence-electron chi connectivity index (χ4n) is 5.02. The molecule has 0 spiro atoms. The van der Waals surface area contributed by atoms with Crippen LogP contribution in [0.1, 0.15) is 29.6 Å². The van der Waals surface area contributed by atoms with Crippen LogP contribution in [-0.4, -0.2) is 70.2 Å². The number of ether oxygens (including phenoxy) is 1. The lowest BCUT2D eigenvalue weighted by Gasteiger charge is -2.35. The van der Waals surface area contributed by atoms with Gasteiger partial charge in [0.25, 0.3) is 5.91 Å². The molecule has 5 atom stereocenters. The van der Waals surface area contributed by atoms with Crippen molar-refractivity contribution in [2.45, 2.75) is 31.4 Å². The number of nitrogens with zero attached hydrogens (tertiary/aromatic N) is 3. The summed E-state index contributed by atoms with van der Waals surface area (Å²) in [4.78, 5) is 36.3. The van der Waals surface area contributed by atoms with Crippen LogP contribution < -0.4 is 5.32 Å². The number of hydrogen-bond donors (Lipinski definition) is 2. The minimum Gasteiger partial charge on any atom is -0.391 e. The molecule has 2 aromatic rings. The van der Waals surface area contributed by atoms with Gasteiger partial charge in [-0.15, -0.1) is 0 Å². The number of carbonyl (C=O) groups excluding carboxylic acids is 2. The van der Waals surface area contributed by atoms with E-state index in [-0.39, 0.29) is 17.7 Å². The highest BCUT2D eigenvalue weighted by Crippen LogP contribution is 2.33. The third kappa shape index (κ3) is 3.65. The first kappa shape index (κ1) is 19.4. The van der Waals surface area contributed by atoms with Crippen LogP contribution in [0, 0.1) is 17.8 Å². The summed E-state index contributed by atoms with van der Waals surface area (Å²) in [6.07, 6.45) is 4.17. The lowest BCUT2D eigenvalue weighted by Crippen LogP contribution is -2.50. The minimum atomic E-state index is -0.649. The minimum absolute atomic E-state index is 0.150. The number of hydrogen-bond acceptors (Lipinski definition) is 6. The lowest BCUT2D eigenvalue weighted by molar-refractivity contribution is -0.137. The zero-order valence-corrected chi connectivity index (χ0v) is 16.7. The number of aliphatic hydroxyl groups is 1. The fourth-order valence-corrected chi connectivity index (χ4v) is 5.02. The summed E-state index contributed by atoms with van der Waals surface area (Å²) >= 11 is 0. The summed E-state index contributed by atoms with van der Waals surface area (Å²) in [6.45, 7) is 3.01. The molecule has 8 heteroatoms. The predicted molar refractivity (Wildman–Crippen MR) is 109 cm³/mol. The smallest absolute Gasteiger partial charge is 0.251 e. The van der Waals surface area contributed by atoms with E-state index in [9.17, 15) is 14.7 Å². The zero-order chi connectivity index (χ0) is 20.7. The Hall–Kier alpha value is -2.58. The molecule has 1 aliphatic carbocycles. The molecule has 2 aliphatic heterocycles. The van der Waals surface area contributed by atoms with Crippen molar-refractivity contribution >= 4 is 22.8 Å². The molecule has 0 unspecified atom stereocenters. The molecule has 1 aromatic heterocycles. The SMILES string of the molecule is O=C(N[C@@H]1C[C@@H](C(=O)N2C[C@H]3COC[C@H]3C2)CC[C@H]1O)c1ccc2nccnc2c1. The van der Waals surface area contributed by atoms with Gasteiger partial charge in [0.05, 0.1) is 36.4 Å². The van der Waals surface area contributed by atoms with Crippen molar-refractivity contribution < 1.29 is 19.4 Å². The van der Waals surface area contributed by atoms with Crippen molar-refractivity contribution in [3.63, 3.8) is 0 Å². The first-order valence-corrected chi connectivity index (χ1v) is 10.6. The molecule has 3 aliphatic rings. The fraction of sp³-hybridized carbons (Fsp3) is 0.545. The van der Waals surface area contributed by atoms with Crippen LogP contribution in [0.15, 0.2) is 30.6 Å². The van der Waals surface area contributed by atoms with Crippen LogP contribution >= 0.6 is 0 Å². The maximum absolute atomic E-state index is 13.1. The monoisotopic (exact) mass is 410 g/mol. The number of nitrogens with one attached hydrogen (secondary N) is 1. The highest BCUT2D eigenvalue weighted by Gasteiger charge is 2.42. The van der Waals surface area contributed by atoms with Gasteiger partial charge in [0.15, 0.2) is 0 Å². The molecule has 0 radical (unpaired) electrons. The van der Waals surface area contributed by atoms with Crippen molar-refractivity contribution in [1.29, 1.82) is 0 Å². The molecule has 3 fully saturated rings. The van der Waals surface area contributed by atoms with Crippen LogP contribution in [0.4, 0.5) is 0 Å². The molecular formula is C22H26N4O4. The summed E-state index contributed by atoms with van der Waals surface area (Å²) in [6, 6.07) is 4.72. The zero-order valence-electron chi connectivity index (χ0n) is 16.7. The molecule has 2 N–H and O–H groups in total. The summed E-state index contributed by atoms with van der Waals surface area (Å²) < 4.78 is 5.50. The van der Waals surface area contributed by atoms with Crippen molar-refractivity contribution in [3.05, 3.63) is 36.2 Å². The van der Waals surface area contributed by atoms with Crippen LogP contribution in [0.2, 0.25) is 0 Å². The number of aliphatic hydroxyl groups excluding tert-OH is 1. The maximum Gasteiger partial charge on any atom is 0.251 e. The topological polar surface area (TPSA) is 105 Å². The molecule has 30 heavy (non-hydrogen) atoms. The van der Waals surface area contributed by atoms with Crippen molar-refractivity contribution in [2.24, 2.45) is 17.8 Å². The van der Waals surface area contributed by atoms with Gasteiger partial charge in [-0.1, -0.05) is 0 Å².